The summed E-state index contributed by atoms with van der Waals surface area (Å²) in [5.74, 6) is -0.483. The quantitative estimate of drug-likeness (QED) is 0.397. The molecule has 168 valence electrons. The predicted molar refractivity (Wildman–Crippen MR) is 134 cm³/mol. The number of halogens is 1. The van der Waals surface area contributed by atoms with Crippen molar-refractivity contribution >= 4 is 52.2 Å². The fourth-order valence-electron chi connectivity index (χ4n) is 3.56. The third-order valence-electron chi connectivity index (χ3n) is 5.09. The largest absolute Gasteiger partial charge is 0.326 e. The van der Waals surface area contributed by atoms with Crippen LogP contribution in [-0.4, -0.2) is 33.0 Å². The van der Waals surface area contributed by atoms with Crippen LogP contribution in [0.4, 0.5) is 5.69 Å². The van der Waals surface area contributed by atoms with Crippen LogP contribution in [0.2, 0.25) is 5.02 Å². The Morgan fingerprint density at radius 1 is 1.18 bits per heavy atom. The Bertz CT molecular complexity index is 1250. The minimum absolute atomic E-state index is 0.0505. The van der Waals surface area contributed by atoms with Crippen LogP contribution in [0.15, 0.2) is 70.9 Å². The molecular formula is C24H22ClN5O2S. The maximum atomic E-state index is 12.2. The highest BCUT2D eigenvalue weighted by molar-refractivity contribution is 8.15. The summed E-state index contributed by atoms with van der Waals surface area (Å²) < 4.78 is 2.09. The lowest BCUT2D eigenvalue weighted by Gasteiger charge is -2.09. The highest BCUT2D eigenvalue weighted by atomic mass is 35.5. The number of thioether (sulfide) groups is 1. The van der Waals surface area contributed by atoms with Gasteiger partial charge in [0.1, 0.15) is 5.25 Å². The first-order valence-corrected chi connectivity index (χ1v) is 11.5. The van der Waals surface area contributed by atoms with Gasteiger partial charge in [-0.15, -0.1) is 5.10 Å². The van der Waals surface area contributed by atoms with Gasteiger partial charge in [0.05, 0.1) is 6.21 Å². The van der Waals surface area contributed by atoms with E-state index >= 15 is 0 Å². The number of carbonyl (C=O) groups excluding carboxylic acids is 2. The molecule has 4 rings (SSSR count). The zero-order valence-corrected chi connectivity index (χ0v) is 19.7. The Balaban J connectivity index is 1.40. The van der Waals surface area contributed by atoms with E-state index in [-0.39, 0.29) is 18.2 Å². The van der Waals surface area contributed by atoms with Gasteiger partial charge in [-0.3, -0.25) is 9.59 Å². The van der Waals surface area contributed by atoms with Gasteiger partial charge in [-0.2, -0.15) is 5.10 Å². The van der Waals surface area contributed by atoms with Crippen molar-refractivity contribution < 1.29 is 9.59 Å². The molecule has 0 bridgehead atoms. The first-order chi connectivity index (χ1) is 15.9. The second-order valence-corrected chi connectivity index (χ2v) is 9.13. The minimum Gasteiger partial charge on any atom is -0.326 e. The van der Waals surface area contributed by atoms with E-state index in [0.29, 0.717) is 15.9 Å². The number of anilines is 1. The fraction of sp³-hybridized carbons (Fsp3) is 0.167. The second kappa shape index (κ2) is 10.1. The zero-order chi connectivity index (χ0) is 23.4. The second-order valence-electron chi connectivity index (χ2n) is 7.51. The third-order valence-corrected chi connectivity index (χ3v) is 6.39. The van der Waals surface area contributed by atoms with E-state index < -0.39 is 5.25 Å². The normalized spacial score (nSPS) is 17.0. The predicted octanol–water partition coefficient (Wildman–Crippen LogP) is 4.70. The molecule has 1 atom stereocenters. The molecule has 2 amide bonds. The van der Waals surface area contributed by atoms with Crippen molar-refractivity contribution in [1.82, 2.24) is 9.88 Å². The molecule has 0 spiro atoms. The smallest absolute Gasteiger partial charge is 0.240 e. The standard InChI is InChI=1S/C24H22ClN5O2S/c1-15-11-17(16(2)30(15)20-10-6-7-18(25)12-20)14-26-29-24-28-23(32)21(33-24)13-22(31)27-19-8-4-3-5-9-19/h3-12,14,21H,13H2,1-2H3,(H,27,31)(H,28,29,32)/b26-14-/t21-/m1/s1. The van der Waals surface area contributed by atoms with Gasteiger partial charge in [0.15, 0.2) is 5.17 Å². The van der Waals surface area contributed by atoms with Gasteiger partial charge < -0.3 is 15.2 Å². The molecule has 3 aromatic rings. The van der Waals surface area contributed by atoms with Gasteiger partial charge in [0.25, 0.3) is 0 Å². The van der Waals surface area contributed by atoms with E-state index in [2.05, 4.69) is 25.4 Å². The highest BCUT2D eigenvalue weighted by Gasteiger charge is 2.32. The van der Waals surface area contributed by atoms with Gasteiger partial charge in [0, 0.05) is 39.8 Å². The molecule has 0 unspecified atom stereocenters. The average molecular weight is 480 g/mol. The van der Waals surface area contributed by atoms with E-state index in [0.717, 1.165) is 22.6 Å². The van der Waals surface area contributed by atoms with Crippen molar-refractivity contribution in [3.8, 4) is 5.69 Å². The molecule has 1 fully saturated rings. The van der Waals surface area contributed by atoms with Crippen molar-refractivity contribution in [1.29, 1.82) is 0 Å². The lowest BCUT2D eigenvalue weighted by molar-refractivity contribution is -0.122. The summed E-state index contributed by atoms with van der Waals surface area (Å²) in [4.78, 5) is 24.5. The topological polar surface area (TPSA) is 87.8 Å². The van der Waals surface area contributed by atoms with Crippen molar-refractivity contribution in [3.05, 3.63) is 82.6 Å². The van der Waals surface area contributed by atoms with Crippen molar-refractivity contribution in [2.75, 3.05) is 5.32 Å². The number of benzene rings is 2. The lowest BCUT2D eigenvalue weighted by Crippen LogP contribution is -2.28. The van der Waals surface area contributed by atoms with Gasteiger partial charge >= 0.3 is 0 Å². The Labute approximate surface area is 200 Å². The summed E-state index contributed by atoms with van der Waals surface area (Å²) in [6.07, 6.45) is 1.70. The summed E-state index contributed by atoms with van der Waals surface area (Å²) in [6, 6.07) is 18.8. The van der Waals surface area contributed by atoms with Crippen LogP contribution in [0.1, 0.15) is 23.4 Å². The van der Waals surface area contributed by atoms with Crippen LogP contribution in [-0.2, 0) is 9.59 Å². The number of rotatable bonds is 6. The number of aromatic nitrogens is 1. The van der Waals surface area contributed by atoms with Crippen LogP contribution in [0, 0.1) is 13.8 Å². The van der Waals surface area contributed by atoms with E-state index in [1.807, 2.05) is 62.4 Å². The van der Waals surface area contributed by atoms with Crippen molar-refractivity contribution in [2.45, 2.75) is 25.5 Å². The first kappa shape index (κ1) is 22.8. The van der Waals surface area contributed by atoms with Crippen LogP contribution in [0.3, 0.4) is 0 Å². The first-order valence-electron chi connectivity index (χ1n) is 10.3. The molecule has 1 saturated heterocycles. The van der Waals surface area contributed by atoms with Crippen LogP contribution in [0.5, 0.6) is 0 Å². The summed E-state index contributed by atoms with van der Waals surface area (Å²) in [5.41, 5.74) is 4.61. The van der Waals surface area contributed by atoms with Crippen LogP contribution >= 0.6 is 23.4 Å². The highest BCUT2D eigenvalue weighted by Crippen LogP contribution is 2.24. The zero-order valence-electron chi connectivity index (χ0n) is 18.1. The lowest BCUT2D eigenvalue weighted by atomic mass is 10.2. The maximum Gasteiger partial charge on any atom is 0.240 e. The number of amides is 2. The molecule has 9 heteroatoms. The van der Waals surface area contributed by atoms with E-state index in [9.17, 15) is 9.59 Å². The molecule has 2 N–H and O–H groups in total. The number of nitrogens with zero attached hydrogens (tertiary/aromatic N) is 3. The molecule has 7 nitrogen and oxygen atoms in total. The number of aryl methyl sites for hydroxylation is 1. The SMILES string of the molecule is Cc1cc(/C=N\N=C2\NC(=O)[C@@H](CC(=O)Nc3ccccc3)S2)c(C)n1-c1cccc(Cl)c1. The van der Waals surface area contributed by atoms with Crippen molar-refractivity contribution in [3.63, 3.8) is 0 Å². The molecule has 1 aliphatic heterocycles. The third kappa shape index (κ3) is 5.53. The Kier molecular flexibility index (Phi) is 6.96. The molecule has 1 aliphatic rings. The Hall–Kier alpha value is -3.36. The van der Waals surface area contributed by atoms with Crippen molar-refractivity contribution in [2.24, 2.45) is 10.2 Å². The monoisotopic (exact) mass is 479 g/mol. The summed E-state index contributed by atoms with van der Waals surface area (Å²) >= 11 is 7.34. The van der Waals surface area contributed by atoms with Gasteiger partial charge in [-0.1, -0.05) is 47.6 Å². The Morgan fingerprint density at radius 2 is 1.97 bits per heavy atom. The number of amidine groups is 1. The molecule has 33 heavy (non-hydrogen) atoms. The molecular weight excluding hydrogens is 458 g/mol. The number of para-hydroxylation sites is 1. The van der Waals surface area contributed by atoms with Gasteiger partial charge in [-0.25, -0.2) is 0 Å². The minimum atomic E-state index is -0.546. The molecule has 0 saturated carbocycles. The number of carbonyl (C=O) groups is 2. The van der Waals surface area contributed by atoms with E-state index in [1.54, 1.807) is 18.3 Å². The molecule has 0 radical (unpaired) electrons. The van der Waals surface area contributed by atoms with E-state index in [1.165, 1.54) is 11.8 Å². The van der Waals surface area contributed by atoms with Gasteiger partial charge in [-0.05, 0) is 50.2 Å². The number of nitrogens with one attached hydrogen (secondary N) is 2. The maximum absolute atomic E-state index is 12.2. The summed E-state index contributed by atoms with van der Waals surface area (Å²) in [7, 11) is 0. The van der Waals surface area contributed by atoms with Crippen LogP contribution < -0.4 is 10.6 Å². The van der Waals surface area contributed by atoms with E-state index in [4.69, 9.17) is 11.6 Å². The Morgan fingerprint density at radius 3 is 2.73 bits per heavy atom. The number of hydrogen-bond acceptors (Lipinski definition) is 5. The summed E-state index contributed by atoms with van der Waals surface area (Å²) in [5, 5.41) is 14.3. The molecule has 0 aliphatic carbocycles. The molecule has 2 aromatic carbocycles. The number of hydrogen-bond donors (Lipinski definition) is 2. The molecule has 1 aromatic heterocycles. The summed E-state index contributed by atoms with van der Waals surface area (Å²) in [6.45, 7) is 4.01. The van der Waals surface area contributed by atoms with Crippen LogP contribution in [0.25, 0.3) is 5.69 Å². The van der Waals surface area contributed by atoms with Gasteiger partial charge in [0.2, 0.25) is 11.8 Å². The fourth-order valence-corrected chi connectivity index (χ4v) is 4.67. The molecule has 2 heterocycles. The average Bonchev–Trinajstić information content (AvgIpc) is 3.26.